The van der Waals surface area contributed by atoms with Crippen molar-refractivity contribution < 1.29 is 49.3 Å². The molecule has 0 atom stereocenters. The number of hydrogen-bond donors (Lipinski definition) is 1. The fourth-order valence-corrected chi connectivity index (χ4v) is 17.2. The van der Waals surface area contributed by atoms with E-state index in [1.807, 2.05) is 29.5 Å². The first kappa shape index (κ1) is 47.5. The number of thiophene rings is 7. The second kappa shape index (κ2) is 19.5. The number of carboxylic acids is 1. The first-order chi connectivity index (χ1) is 33.1. The molecule has 0 radical (unpaired) electrons. The molecule has 7 heterocycles. The van der Waals surface area contributed by atoms with E-state index in [0.717, 1.165) is 58.1 Å². The Hall–Kier alpha value is -5.18. The standard InChI is InChI=1S/C55H38N2O4S7.Na/c1-55(2)38-27-36(26-32(29-56)54(59)60)62-51(38)52-39(55)28-48(67-52)46-23-22-43(65-46)42-19-18-40(63-42)41-20-21-44(64-41)45-24-25-47(66-45)53-49(61-3)37(30-58)50(68-53)31-14-16-35(17-15-31)57(33-10-6-4-7-11-33)34-12-8-5-9-13-34;/h4-28,58H,30H2,1-3H3,(H,59,60);/q;+1/p-1/b32-26+;. The first-order valence-corrected chi connectivity index (χ1v) is 27.2. The van der Waals surface area contributed by atoms with Crippen LogP contribution in [-0.2, 0) is 16.8 Å². The third kappa shape index (κ3) is 8.77. The van der Waals surface area contributed by atoms with Gasteiger partial charge in [-0.05, 0) is 120 Å². The molecule has 6 nitrogen and oxygen atoms in total. The Morgan fingerprint density at radius 2 is 1.07 bits per heavy atom. The number of aliphatic hydroxyl groups is 1. The summed E-state index contributed by atoms with van der Waals surface area (Å²) in [6.45, 7) is 4.28. The maximum Gasteiger partial charge on any atom is 1.00 e. The number of hydrogen-bond acceptors (Lipinski definition) is 13. The van der Waals surface area contributed by atoms with Gasteiger partial charge in [0.25, 0.3) is 0 Å². The number of nitriles is 1. The summed E-state index contributed by atoms with van der Waals surface area (Å²) in [5.74, 6) is -0.744. The van der Waals surface area contributed by atoms with E-state index in [9.17, 15) is 20.3 Å². The van der Waals surface area contributed by atoms with Crippen molar-refractivity contribution in [3.63, 3.8) is 0 Å². The molecule has 14 heteroatoms. The molecule has 0 saturated carbocycles. The Morgan fingerprint density at radius 3 is 1.57 bits per heavy atom. The molecule has 0 unspecified atom stereocenters. The van der Waals surface area contributed by atoms with Crippen molar-refractivity contribution in [1.82, 2.24) is 0 Å². The molecular weight excluding hydrogens is 1000 g/mol. The first-order valence-electron chi connectivity index (χ1n) is 21.5. The third-order valence-corrected chi connectivity index (χ3v) is 21.0. The summed E-state index contributed by atoms with van der Waals surface area (Å²) in [5, 5.41) is 31.4. The van der Waals surface area contributed by atoms with Crippen LogP contribution in [0.3, 0.4) is 0 Å². The Labute approximate surface area is 449 Å². The summed E-state index contributed by atoms with van der Waals surface area (Å²) in [5.41, 5.74) is 6.85. The van der Waals surface area contributed by atoms with E-state index in [4.69, 9.17) is 4.74 Å². The van der Waals surface area contributed by atoms with Crippen molar-refractivity contribution in [2.24, 2.45) is 0 Å². The second-order valence-electron chi connectivity index (χ2n) is 16.5. The van der Waals surface area contributed by atoms with Crippen molar-refractivity contribution >= 4 is 108 Å². The number of aliphatic hydroxyl groups excluding tert-OH is 1. The van der Waals surface area contributed by atoms with Crippen LogP contribution in [0.25, 0.3) is 75.0 Å². The number of rotatable bonds is 13. The van der Waals surface area contributed by atoms with Crippen molar-refractivity contribution in [3.05, 3.63) is 173 Å². The summed E-state index contributed by atoms with van der Waals surface area (Å²) < 4.78 is 6.03. The minimum Gasteiger partial charge on any atom is -0.544 e. The van der Waals surface area contributed by atoms with E-state index >= 15 is 0 Å². The van der Waals surface area contributed by atoms with Crippen LogP contribution in [0.1, 0.15) is 35.4 Å². The summed E-state index contributed by atoms with van der Waals surface area (Å²) in [6, 6.07) is 53.0. The van der Waals surface area contributed by atoms with E-state index in [1.54, 1.807) is 69.9 Å². The van der Waals surface area contributed by atoms with Gasteiger partial charge in [-0.2, -0.15) is 5.26 Å². The quantitative estimate of drug-likeness (QED) is 0.0702. The number of benzene rings is 3. The molecule has 1 N–H and O–H groups in total. The van der Waals surface area contributed by atoms with E-state index < -0.39 is 5.97 Å². The SMILES string of the molecule is COc1c(-c2ccc(-c3ccc(-c4ccc(-c5ccc(-c6cc7c(s6)-c6sc(/C=C(\C#N)C(=O)[O-])cc6C7(C)C)s5)s4)s3)s2)sc(-c2ccc(N(c3ccccc3)c3ccccc3)cc2)c1CO.[Na+]. The van der Waals surface area contributed by atoms with Crippen molar-refractivity contribution in [3.8, 4) is 80.8 Å². The van der Waals surface area contributed by atoms with Crippen molar-refractivity contribution in [1.29, 1.82) is 5.26 Å². The van der Waals surface area contributed by atoms with Gasteiger partial charge in [-0.15, -0.1) is 79.4 Å². The zero-order chi connectivity index (χ0) is 46.7. The predicted octanol–water partition coefficient (Wildman–Crippen LogP) is 13.1. The molecule has 0 aliphatic heterocycles. The minimum atomic E-state index is -1.46. The van der Waals surface area contributed by atoms with Gasteiger partial charge >= 0.3 is 29.6 Å². The van der Waals surface area contributed by atoms with E-state index in [0.29, 0.717) is 5.75 Å². The maximum absolute atomic E-state index is 11.4. The van der Waals surface area contributed by atoms with Crippen LogP contribution < -0.4 is 44.3 Å². The summed E-state index contributed by atoms with van der Waals surface area (Å²) >= 11 is 12.1. The molecule has 1 aliphatic carbocycles. The van der Waals surface area contributed by atoms with Crippen LogP contribution >= 0.6 is 79.4 Å². The van der Waals surface area contributed by atoms with E-state index in [-0.39, 0.29) is 47.2 Å². The fourth-order valence-electron chi connectivity index (χ4n) is 8.65. The number of carboxylic acid groups (broad SMARTS) is 1. The van der Waals surface area contributed by atoms with Gasteiger partial charge in [0.2, 0.25) is 0 Å². The van der Waals surface area contributed by atoms with Gasteiger partial charge in [-0.25, -0.2) is 0 Å². The Balaban J connectivity index is 0.00000553. The van der Waals surface area contributed by atoms with Gasteiger partial charge in [0.15, 0.2) is 0 Å². The molecule has 334 valence electrons. The average Bonchev–Trinajstić information content (AvgIpc) is 4.21. The van der Waals surface area contributed by atoms with E-state index in [2.05, 4.69) is 146 Å². The zero-order valence-corrected chi connectivity index (χ0v) is 45.3. The summed E-state index contributed by atoms with van der Waals surface area (Å²) in [6.07, 6.45) is 1.42. The number of para-hydroxylation sites is 2. The topological polar surface area (TPSA) is 96.6 Å². The van der Waals surface area contributed by atoms with Crippen LogP contribution in [0.15, 0.2) is 151 Å². The van der Waals surface area contributed by atoms with Gasteiger partial charge in [-0.3, -0.25) is 0 Å². The van der Waals surface area contributed by atoms with Crippen molar-refractivity contribution in [2.45, 2.75) is 25.9 Å². The predicted molar refractivity (Wildman–Crippen MR) is 288 cm³/mol. The zero-order valence-electron chi connectivity index (χ0n) is 37.6. The minimum absolute atomic E-state index is 0. The monoisotopic (exact) mass is 1040 g/mol. The molecule has 7 aromatic heterocycles. The number of methoxy groups -OCH3 is 1. The largest absolute Gasteiger partial charge is 1.00 e. The molecule has 69 heavy (non-hydrogen) atoms. The van der Waals surface area contributed by atoms with Gasteiger partial charge in [0, 0.05) is 91.4 Å². The normalized spacial score (nSPS) is 12.6. The smallest absolute Gasteiger partial charge is 0.544 e. The number of anilines is 3. The molecular formula is C55H37N2NaO4S7. The number of fused-ring (bicyclic) bond motifs is 3. The Kier molecular flexibility index (Phi) is 13.5. The van der Waals surface area contributed by atoms with Gasteiger partial charge in [0.1, 0.15) is 11.8 Å². The number of nitrogens with zero attached hydrogens (tertiary/aromatic N) is 2. The number of carbonyl (C=O) groups excluding carboxylic acids is 1. The van der Waals surface area contributed by atoms with Crippen LogP contribution in [0.5, 0.6) is 5.75 Å². The molecule has 0 bridgehead atoms. The second-order valence-corrected chi connectivity index (χ2v) is 24.0. The fraction of sp³-hybridized carbons (Fsp3) is 0.0909. The van der Waals surface area contributed by atoms with E-state index in [1.165, 1.54) is 66.9 Å². The average molecular weight is 1040 g/mol. The van der Waals surface area contributed by atoms with Gasteiger partial charge in [0.05, 0.1) is 30.1 Å². The molecule has 0 spiro atoms. The molecule has 1 aliphatic rings. The molecule has 3 aromatic carbocycles. The van der Waals surface area contributed by atoms with Crippen molar-refractivity contribution in [2.75, 3.05) is 12.0 Å². The van der Waals surface area contributed by atoms with Gasteiger partial charge < -0.3 is 24.6 Å². The molecule has 10 aromatic rings. The maximum atomic E-state index is 11.4. The van der Waals surface area contributed by atoms with Crippen LogP contribution in [0, 0.1) is 11.3 Å². The summed E-state index contributed by atoms with van der Waals surface area (Å²) in [4.78, 5) is 29.6. The molecule has 0 saturated heterocycles. The number of aliphatic carboxylic acids is 1. The Bertz CT molecular complexity index is 3540. The van der Waals surface area contributed by atoms with Crippen LogP contribution in [0.4, 0.5) is 17.1 Å². The Morgan fingerprint density at radius 1 is 0.609 bits per heavy atom. The van der Waals surface area contributed by atoms with Gasteiger partial charge in [-0.1, -0.05) is 62.4 Å². The number of ether oxygens (including phenoxy) is 1. The molecule has 0 fully saturated rings. The van der Waals surface area contributed by atoms with Crippen LogP contribution in [0.2, 0.25) is 0 Å². The molecule has 0 amide bonds. The van der Waals surface area contributed by atoms with Crippen LogP contribution in [-0.4, -0.2) is 18.2 Å². The number of carbonyl (C=O) groups is 1. The third-order valence-electron chi connectivity index (χ3n) is 12.0. The molecule has 11 rings (SSSR count). The summed E-state index contributed by atoms with van der Waals surface area (Å²) in [7, 11) is 1.68.